The maximum absolute atomic E-state index is 12.4. The Morgan fingerprint density at radius 3 is 2.47 bits per heavy atom. The lowest BCUT2D eigenvalue weighted by Gasteiger charge is -2.31. The molecule has 32 heavy (non-hydrogen) atoms. The summed E-state index contributed by atoms with van der Waals surface area (Å²) in [5.41, 5.74) is 9.04. The molecule has 1 N–H and O–H groups in total. The van der Waals surface area contributed by atoms with Gasteiger partial charge in [-0.15, -0.1) is 0 Å². The molecule has 0 aliphatic carbocycles. The van der Waals surface area contributed by atoms with Crippen LogP contribution in [0.25, 0.3) is 10.4 Å². The van der Waals surface area contributed by atoms with E-state index in [9.17, 15) is 4.79 Å². The SMILES string of the molecule is CCCCO[C@H](COC(=O)c1ccccc1)[C@@H](OC(=N)C(Cl)(Cl)Cl)OC(C)[C@H](C)N=[N+]=[N-]. The standard InChI is InChI=1S/C20H27Cl3N4O5/c1-4-5-11-29-16(12-30-17(28)15-9-7-6-8-10-15)18(32-19(24)20(21,22)23)31-14(3)13(2)26-27-25/h6-10,13-14,16,18,24H,4-5,11-12H2,1-3H3/t13-,14?,16+,18+/m0/s1. The van der Waals surface area contributed by atoms with Gasteiger partial charge in [0.1, 0.15) is 6.61 Å². The number of rotatable bonds is 13. The van der Waals surface area contributed by atoms with Crippen molar-refractivity contribution >= 4 is 46.7 Å². The third-order valence-electron chi connectivity index (χ3n) is 4.27. The average Bonchev–Trinajstić information content (AvgIpc) is 2.75. The third-order valence-corrected chi connectivity index (χ3v) is 4.79. The molecule has 9 nitrogen and oxygen atoms in total. The molecule has 1 aromatic carbocycles. The Labute approximate surface area is 202 Å². The van der Waals surface area contributed by atoms with Gasteiger partial charge in [0, 0.05) is 11.5 Å². The van der Waals surface area contributed by atoms with Crippen LogP contribution < -0.4 is 0 Å². The Kier molecular flexibility index (Phi) is 12.7. The predicted molar refractivity (Wildman–Crippen MR) is 123 cm³/mol. The molecule has 178 valence electrons. The van der Waals surface area contributed by atoms with Gasteiger partial charge in [0.2, 0.25) is 12.2 Å². The van der Waals surface area contributed by atoms with Gasteiger partial charge in [0.05, 0.1) is 17.7 Å². The van der Waals surface area contributed by atoms with E-state index in [-0.39, 0.29) is 6.61 Å². The molecule has 1 rings (SSSR count). The van der Waals surface area contributed by atoms with Crippen LogP contribution in [0.1, 0.15) is 44.0 Å². The Morgan fingerprint density at radius 2 is 1.91 bits per heavy atom. The van der Waals surface area contributed by atoms with Crippen molar-refractivity contribution in [3.8, 4) is 0 Å². The summed E-state index contributed by atoms with van der Waals surface area (Å²) in [6.07, 6.45) is -1.31. The number of carbonyl (C=O) groups is 1. The van der Waals surface area contributed by atoms with E-state index in [2.05, 4.69) is 10.0 Å². The van der Waals surface area contributed by atoms with Crippen molar-refractivity contribution in [3.63, 3.8) is 0 Å². The fourth-order valence-corrected chi connectivity index (χ4v) is 2.41. The zero-order valence-electron chi connectivity index (χ0n) is 18.0. The maximum atomic E-state index is 12.4. The van der Waals surface area contributed by atoms with Crippen LogP contribution in [0, 0.1) is 5.41 Å². The zero-order chi connectivity index (χ0) is 24.1. The van der Waals surface area contributed by atoms with Crippen LogP contribution >= 0.6 is 34.8 Å². The predicted octanol–water partition coefficient (Wildman–Crippen LogP) is 5.82. The summed E-state index contributed by atoms with van der Waals surface area (Å²) in [4.78, 5) is 15.1. The summed E-state index contributed by atoms with van der Waals surface area (Å²) in [5.74, 6) is -1.27. The first-order valence-corrected chi connectivity index (χ1v) is 11.1. The van der Waals surface area contributed by atoms with Gasteiger partial charge in [0.25, 0.3) is 3.79 Å². The number of esters is 1. The highest BCUT2D eigenvalue weighted by molar-refractivity contribution is 6.76. The quantitative estimate of drug-likeness (QED) is 0.0412. The van der Waals surface area contributed by atoms with Gasteiger partial charge < -0.3 is 18.9 Å². The second kappa shape index (κ2) is 14.4. The maximum Gasteiger partial charge on any atom is 0.338 e. The van der Waals surface area contributed by atoms with E-state index >= 15 is 0 Å². The molecule has 12 heteroatoms. The normalized spacial score (nSPS) is 15.1. The molecule has 4 atom stereocenters. The summed E-state index contributed by atoms with van der Waals surface area (Å²) in [6.45, 7) is 5.34. The second-order valence-corrected chi connectivity index (χ2v) is 9.11. The Balaban J connectivity index is 3.05. The minimum Gasteiger partial charge on any atom is -0.459 e. The molecule has 0 aliphatic heterocycles. The lowest BCUT2D eigenvalue weighted by molar-refractivity contribution is -0.202. The molecule has 0 bridgehead atoms. The van der Waals surface area contributed by atoms with Gasteiger partial charge in [-0.25, -0.2) is 4.79 Å². The molecule has 0 aromatic heterocycles. The summed E-state index contributed by atoms with van der Waals surface area (Å²) in [5, 5.41) is 11.5. The number of carbonyl (C=O) groups excluding carboxylic acids is 1. The van der Waals surface area contributed by atoms with Crippen molar-refractivity contribution < 1.29 is 23.7 Å². The zero-order valence-corrected chi connectivity index (χ0v) is 20.3. The minimum atomic E-state index is -2.14. The van der Waals surface area contributed by atoms with Crippen molar-refractivity contribution in [3.05, 3.63) is 46.3 Å². The largest absolute Gasteiger partial charge is 0.459 e. The topological polar surface area (TPSA) is 127 Å². The van der Waals surface area contributed by atoms with Crippen LogP contribution in [-0.4, -0.2) is 53.4 Å². The summed E-state index contributed by atoms with van der Waals surface area (Å²) in [6, 6.07) is 7.85. The number of unbranched alkanes of at least 4 members (excludes halogenated alkanes) is 1. The number of hydrogen-bond donors (Lipinski definition) is 1. The van der Waals surface area contributed by atoms with Crippen LogP contribution in [0.5, 0.6) is 0 Å². The fourth-order valence-electron chi connectivity index (χ4n) is 2.27. The lowest BCUT2D eigenvalue weighted by Crippen LogP contribution is -2.44. The number of ether oxygens (including phenoxy) is 4. The van der Waals surface area contributed by atoms with Crippen molar-refractivity contribution in [2.24, 2.45) is 5.11 Å². The summed E-state index contributed by atoms with van der Waals surface area (Å²) < 4.78 is 20.4. The van der Waals surface area contributed by atoms with Crippen LogP contribution in [0.3, 0.4) is 0 Å². The van der Waals surface area contributed by atoms with Gasteiger partial charge in [-0.2, -0.15) is 0 Å². The third kappa shape index (κ3) is 10.3. The Bertz CT molecular complexity index is 772. The molecular formula is C20H27Cl3N4O5. The van der Waals surface area contributed by atoms with Gasteiger partial charge in [-0.3, -0.25) is 5.41 Å². The molecular weight excluding hydrogens is 483 g/mol. The first-order chi connectivity index (χ1) is 15.1. The molecule has 0 radical (unpaired) electrons. The van der Waals surface area contributed by atoms with E-state index in [1.165, 1.54) is 0 Å². The van der Waals surface area contributed by atoms with E-state index in [4.69, 9.17) is 64.7 Å². The smallest absolute Gasteiger partial charge is 0.338 e. The number of halogens is 3. The number of nitrogens with zero attached hydrogens (tertiary/aromatic N) is 3. The van der Waals surface area contributed by atoms with Crippen LogP contribution in [0.4, 0.5) is 0 Å². The van der Waals surface area contributed by atoms with Gasteiger partial charge in [-0.05, 0) is 31.0 Å². The van der Waals surface area contributed by atoms with E-state index in [0.717, 1.165) is 12.8 Å². The van der Waals surface area contributed by atoms with E-state index in [0.29, 0.717) is 12.2 Å². The summed E-state index contributed by atoms with van der Waals surface area (Å²) in [7, 11) is 0. The molecule has 0 saturated carbocycles. The van der Waals surface area contributed by atoms with E-state index < -0.39 is 40.2 Å². The number of alkyl halides is 3. The first-order valence-electron chi connectivity index (χ1n) is 9.96. The van der Waals surface area contributed by atoms with Crippen molar-refractivity contribution in [2.45, 2.75) is 61.9 Å². The van der Waals surface area contributed by atoms with Gasteiger partial charge >= 0.3 is 5.97 Å². The molecule has 0 fully saturated rings. The minimum absolute atomic E-state index is 0.252. The molecule has 0 spiro atoms. The van der Waals surface area contributed by atoms with Crippen molar-refractivity contribution in [1.82, 2.24) is 0 Å². The van der Waals surface area contributed by atoms with Crippen LogP contribution in [0.2, 0.25) is 0 Å². The first kappa shape index (κ1) is 28.3. The summed E-state index contributed by atoms with van der Waals surface area (Å²) >= 11 is 17.2. The van der Waals surface area contributed by atoms with Crippen molar-refractivity contribution in [2.75, 3.05) is 13.2 Å². The van der Waals surface area contributed by atoms with Gasteiger partial charge in [0.15, 0.2) is 6.10 Å². The van der Waals surface area contributed by atoms with Gasteiger partial charge in [-0.1, -0.05) is 78.4 Å². The van der Waals surface area contributed by atoms with E-state index in [1.807, 2.05) is 6.92 Å². The number of benzene rings is 1. The molecule has 0 aliphatic rings. The Hall–Kier alpha value is -1.74. The number of nitrogens with one attached hydrogen (secondary N) is 1. The fraction of sp³-hybridized carbons (Fsp3) is 0.600. The Morgan fingerprint density at radius 1 is 1.25 bits per heavy atom. The molecule has 0 heterocycles. The average molecular weight is 510 g/mol. The highest BCUT2D eigenvalue weighted by atomic mass is 35.6. The molecule has 0 saturated heterocycles. The highest BCUT2D eigenvalue weighted by Gasteiger charge is 2.36. The second-order valence-electron chi connectivity index (χ2n) is 6.83. The van der Waals surface area contributed by atoms with Crippen molar-refractivity contribution in [1.29, 1.82) is 5.41 Å². The monoisotopic (exact) mass is 508 g/mol. The van der Waals surface area contributed by atoms with Crippen LogP contribution in [0.15, 0.2) is 35.4 Å². The van der Waals surface area contributed by atoms with E-state index in [1.54, 1.807) is 44.2 Å². The lowest BCUT2D eigenvalue weighted by atomic mass is 10.2. The van der Waals surface area contributed by atoms with Crippen LogP contribution in [-0.2, 0) is 18.9 Å². The molecule has 1 unspecified atom stereocenters. The molecule has 0 amide bonds. The number of azide groups is 1. The number of hydrogen-bond acceptors (Lipinski definition) is 7. The molecule has 1 aromatic rings. The highest BCUT2D eigenvalue weighted by Crippen LogP contribution is 2.29.